The predicted molar refractivity (Wildman–Crippen MR) is 373 cm³/mol. The normalized spacial score (nSPS) is 13.0. The Morgan fingerprint density at radius 3 is 1.69 bits per heavy atom. The number of aryl methyl sites for hydroxylation is 1. The first-order valence-electron chi connectivity index (χ1n) is 29.3. The second kappa shape index (κ2) is 28.3. The van der Waals surface area contributed by atoms with Crippen molar-refractivity contribution in [3.05, 3.63) is 175 Å². The molecule has 9 heterocycles. The summed E-state index contributed by atoms with van der Waals surface area (Å²) < 4.78 is 87.9. The fraction of sp³-hybridized carbons (Fsp3) is 0.215. The molecule has 0 radical (unpaired) electrons. The molecule has 11 aromatic rings. The van der Waals surface area contributed by atoms with Gasteiger partial charge in [0.25, 0.3) is 11.8 Å². The Hall–Kier alpha value is -9.94. The average molecular weight is 1330 g/mol. The van der Waals surface area contributed by atoms with Crippen molar-refractivity contribution in [3.8, 4) is 90.9 Å². The number of rotatable bonds is 17. The highest BCUT2D eigenvalue weighted by atomic mass is 32.3. The van der Waals surface area contributed by atoms with Crippen LogP contribution in [0.4, 0.5) is 17.5 Å². The quantitative estimate of drug-likeness (QED) is 0.0493. The van der Waals surface area contributed by atoms with Crippen LogP contribution in [-0.2, 0) is 26.4 Å². The van der Waals surface area contributed by atoms with Crippen molar-refractivity contribution >= 4 is 53.5 Å². The fourth-order valence-electron chi connectivity index (χ4n) is 9.33. The van der Waals surface area contributed by atoms with E-state index in [2.05, 4.69) is 60.8 Å². The lowest BCUT2D eigenvalue weighted by molar-refractivity contribution is 0.435. The highest BCUT2D eigenvalue weighted by Crippen LogP contribution is 2.51. The van der Waals surface area contributed by atoms with Gasteiger partial charge in [0.05, 0.1) is 56.4 Å². The van der Waals surface area contributed by atoms with Gasteiger partial charge in [-0.3, -0.25) is 19.1 Å². The van der Waals surface area contributed by atoms with Gasteiger partial charge in [-0.05, 0) is 126 Å². The number of nitrogen functional groups attached to an aromatic ring is 3. The molecule has 1 aliphatic heterocycles. The molecular weight excluding hydrogens is 1250 g/mol. The molecule has 3 aromatic carbocycles. The van der Waals surface area contributed by atoms with E-state index in [1.807, 2.05) is 111 Å². The maximum atomic E-state index is 12.3. The number of hydrogen-bond acceptors (Lipinski definition) is 24. The summed E-state index contributed by atoms with van der Waals surface area (Å²) in [6, 6.07) is 35.7. The number of sulfonamides is 1. The number of sulfone groups is 1. The smallest absolute Gasteiger partial charge is 0.251 e. The Morgan fingerprint density at radius 2 is 1.14 bits per heavy atom. The van der Waals surface area contributed by atoms with E-state index >= 15 is 0 Å². The van der Waals surface area contributed by atoms with Gasteiger partial charge < -0.3 is 35.9 Å². The third-order valence-corrected chi connectivity index (χ3v) is 21.1. The van der Waals surface area contributed by atoms with Crippen LogP contribution in [0.3, 0.4) is 0 Å². The number of anilines is 3. The van der Waals surface area contributed by atoms with E-state index in [0.717, 1.165) is 45.5 Å². The molecule has 0 bridgehead atoms. The molecule has 494 valence electrons. The molecule has 0 fully saturated rings. The van der Waals surface area contributed by atoms with E-state index in [0.29, 0.717) is 99.5 Å². The summed E-state index contributed by atoms with van der Waals surface area (Å²) in [5.41, 5.74) is 29.6. The number of aromatic nitrogens is 11. The summed E-state index contributed by atoms with van der Waals surface area (Å²) in [5, 5.41) is 23.0. The van der Waals surface area contributed by atoms with Crippen LogP contribution in [0, 0.1) is 6.92 Å². The van der Waals surface area contributed by atoms with Crippen molar-refractivity contribution in [1.29, 1.82) is 0 Å². The summed E-state index contributed by atoms with van der Waals surface area (Å²) in [6.45, 7) is 12.0. The van der Waals surface area contributed by atoms with Crippen molar-refractivity contribution in [3.63, 3.8) is 0 Å². The molecule has 25 nitrogen and oxygen atoms in total. The first-order valence-corrected chi connectivity index (χ1v) is 34.0. The molecular formula is C65H82N16O9S3. The van der Waals surface area contributed by atoms with Crippen LogP contribution >= 0.6 is 10.6 Å². The Labute approximate surface area is 549 Å². The zero-order chi connectivity index (χ0) is 66.2. The molecule has 12 rings (SSSR count). The van der Waals surface area contributed by atoms with Crippen molar-refractivity contribution in [2.75, 3.05) is 43.1 Å². The number of benzene rings is 3. The lowest BCUT2D eigenvalue weighted by Gasteiger charge is -2.34. The number of hydrogen-bond donors (Lipinski definition) is 6. The zero-order valence-electron chi connectivity index (χ0n) is 51.8. The van der Waals surface area contributed by atoms with Crippen molar-refractivity contribution in [2.45, 2.75) is 74.9 Å². The van der Waals surface area contributed by atoms with E-state index in [9.17, 15) is 25.9 Å². The van der Waals surface area contributed by atoms with E-state index in [1.54, 1.807) is 77.5 Å². The minimum absolute atomic E-state index is 0. The van der Waals surface area contributed by atoms with Crippen LogP contribution in [-0.4, -0.2) is 122 Å². The van der Waals surface area contributed by atoms with Gasteiger partial charge in [-0.1, -0.05) is 71.4 Å². The minimum Gasteiger partial charge on any atom is -0.416 e. The van der Waals surface area contributed by atoms with Crippen molar-refractivity contribution in [1.82, 2.24) is 65.1 Å². The van der Waals surface area contributed by atoms with Crippen LogP contribution < -0.4 is 22.5 Å². The second-order valence-electron chi connectivity index (χ2n) is 21.9. The third kappa shape index (κ3) is 15.2. The van der Waals surface area contributed by atoms with Gasteiger partial charge in [-0.15, -0.1) is 31.0 Å². The van der Waals surface area contributed by atoms with Gasteiger partial charge in [0, 0.05) is 93.5 Å². The zero-order valence-corrected chi connectivity index (χ0v) is 54.2. The topological polar surface area (TPSA) is 383 Å². The highest BCUT2D eigenvalue weighted by Gasteiger charge is 2.26. The lowest BCUT2D eigenvalue weighted by atomic mass is 10.0. The van der Waals surface area contributed by atoms with Crippen LogP contribution in [0.5, 0.6) is 0 Å². The highest BCUT2D eigenvalue weighted by molar-refractivity contribution is 8.24. The predicted octanol–water partition coefficient (Wildman–Crippen LogP) is 13.2. The van der Waals surface area contributed by atoms with Crippen LogP contribution in [0.15, 0.2) is 182 Å². The van der Waals surface area contributed by atoms with Gasteiger partial charge in [0.2, 0.25) is 21.8 Å². The molecule has 0 unspecified atom stereocenters. The summed E-state index contributed by atoms with van der Waals surface area (Å²) in [5.74, 6) is 2.72. The Bertz CT molecular complexity index is 4700. The van der Waals surface area contributed by atoms with Gasteiger partial charge in [-0.25, -0.2) is 36.8 Å². The van der Waals surface area contributed by atoms with Crippen LogP contribution in [0.2, 0.25) is 0 Å². The number of nitrogens with one attached hydrogen (secondary N) is 1. The molecule has 8 aromatic heterocycles. The minimum atomic E-state index is -3.38. The van der Waals surface area contributed by atoms with Gasteiger partial charge >= 0.3 is 0 Å². The van der Waals surface area contributed by atoms with E-state index in [-0.39, 0.29) is 42.6 Å². The standard InChI is InChI=1S/C23H22N4O3S.C22H25N7O3S.C20H21N5O3S.7H2/c1-14(2)31(28,29)18-8-9-20(25-13-18)17-10-19(23(24)26-12-17)22-11-21(27-30-22)16-6-4-15(3)5-7-16;1-13(2)33(30,31)19-12-25-18(11-26-19)16-8-17(20(23)27-10-16)22-29-28-21(32-22)15-6-4-14(5-7-15)9-24-3;1-2-29(26,27)25-10-8-14(9-11-25)16-12-17(18(21)22-13-16)20-24-23-19(28-20)15-6-4-3-5-7-15;;;;;;;/h4-14H,1-3H3,(H2,24,26);4-8,10-13,24,30-31H,9H2,1-3H3,(H2,23,27);3-8,12-13H,2,9-11H2,1H3,(H2,21,22);7*1H. The van der Waals surface area contributed by atoms with E-state index in [1.165, 1.54) is 22.9 Å². The first-order chi connectivity index (χ1) is 44.5. The SMILES string of the molecule is CCS(=O)(=O)N1CC=C(c2cnc(N)c(-c3nnc(-c4ccccc4)o3)c2)CC1.CNCc1ccc(-c2nnc(-c3cc(-c4cnc(S(O)(O)C(C)C)cn4)cnc3N)o2)cc1.Cc1ccc(-c2cc(-c3cc(-c4ccc(S(=O)(=O)C(C)C)cn4)cnc3N)on2)cc1.[HH].[HH].[HH].[HH].[HH].[HH].[HH]. The van der Waals surface area contributed by atoms with E-state index in [4.69, 9.17) is 30.6 Å². The molecule has 1 aliphatic rings. The van der Waals surface area contributed by atoms with Crippen molar-refractivity contribution < 1.29 is 49.3 Å². The Morgan fingerprint density at radius 1 is 0.581 bits per heavy atom. The van der Waals surface area contributed by atoms with Gasteiger partial charge in [-0.2, -0.15) is 4.31 Å². The molecule has 93 heavy (non-hydrogen) atoms. The monoisotopic (exact) mass is 1330 g/mol. The number of nitrogens with zero attached hydrogens (tertiary/aromatic N) is 12. The lowest BCUT2D eigenvalue weighted by Crippen LogP contribution is -2.35. The molecule has 0 saturated heterocycles. The number of pyridine rings is 4. The maximum Gasteiger partial charge on any atom is 0.251 e. The Kier molecular flexibility index (Phi) is 20.1. The first kappa shape index (κ1) is 66.0. The maximum absolute atomic E-state index is 12.3. The summed E-state index contributed by atoms with van der Waals surface area (Å²) in [4.78, 5) is 25.8. The molecule has 9 N–H and O–H groups in total. The average Bonchev–Trinajstić information content (AvgIpc) is 1.49. The summed E-state index contributed by atoms with van der Waals surface area (Å²) >= 11 is 0. The molecule has 0 saturated carbocycles. The van der Waals surface area contributed by atoms with E-state index < -0.39 is 35.7 Å². The van der Waals surface area contributed by atoms with Gasteiger partial charge in [0.15, 0.2) is 20.6 Å². The fourth-order valence-corrected chi connectivity index (χ4v) is 12.3. The largest absolute Gasteiger partial charge is 0.416 e. The second-order valence-corrected chi connectivity index (χ2v) is 29.2. The molecule has 0 aliphatic carbocycles. The molecule has 28 heteroatoms. The third-order valence-electron chi connectivity index (χ3n) is 15.0. The molecule has 0 spiro atoms. The molecule has 0 amide bonds. The van der Waals surface area contributed by atoms with Gasteiger partial charge in [0.1, 0.15) is 23.1 Å². The van der Waals surface area contributed by atoms with Crippen LogP contribution in [0.1, 0.15) is 67.7 Å². The number of nitrogens with two attached hydrogens (primary N) is 3. The van der Waals surface area contributed by atoms with Crippen molar-refractivity contribution in [2.24, 2.45) is 0 Å². The Balaban J connectivity index is 0.000000378. The van der Waals surface area contributed by atoms with Crippen LogP contribution in [0.25, 0.3) is 96.5 Å². The summed E-state index contributed by atoms with van der Waals surface area (Å²) in [7, 11) is -7.69. The summed E-state index contributed by atoms with van der Waals surface area (Å²) in [6.07, 6.45) is 11.5. The molecule has 0 atom stereocenters.